The fourth-order valence-corrected chi connectivity index (χ4v) is 1.42. The summed E-state index contributed by atoms with van der Waals surface area (Å²) in [4.78, 5) is 7.57. The molecule has 14 nitrogen and oxygen atoms in total. The molecule has 8 N–H and O–H groups in total. The van der Waals surface area contributed by atoms with Crippen LogP contribution in [-0.2, 0) is 6.54 Å². The normalized spacial score (nSPS) is 10.7. The van der Waals surface area contributed by atoms with E-state index in [9.17, 15) is 0 Å². The van der Waals surface area contributed by atoms with Crippen LogP contribution in [0.25, 0.3) is 0 Å². The Labute approximate surface area is 116 Å². The zero-order chi connectivity index (χ0) is 14.8. The van der Waals surface area contributed by atoms with E-state index in [4.69, 9.17) is 17.2 Å². The number of anilines is 5. The van der Waals surface area contributed by atoms with Crippen LogP contribution in [-0.4, -0.2) is 50.3 Å². The number of nitrogens with zero attached hydrogens (tertiary/aromatic N) is 9. The summed E-state index contributed by atoms with van der Waals surface area (Å²) in [6, 6.07) is 0. The molecular formula is C7H10N14. The maximum Gasteiger partial charge on any atom is 0.268 e. The van der Waals surface area contributed by atoms with E-state index in [1.54, 1.807) is 0 Å². The van der Waals surface area contributed by atoms with Gasteiger partial charge in [0.1, 0.15) is 6.54 Å². The van der Waals surface area contributed by atoms with Crippen molar-refractivity contribution in [3.63, 3.8) is 0 Å². The van der Waals surface area contributed by atoms with E-state index in [1.165, 1.54) is 4.68 Å². The van der Waals surface area contributed by atoms with E-state index in [0.717, 1.165) is 0 Å². The Morgan fingerprint density at radius 1 is 1.00 bits per heavy atom. The average molecular weight is 290 g/mol. The number of nitrogens with two attached hydrogens (primary N) is 3. The summed E-state index contributed by atoms with van der Waals surface area (Å²) < 4.78 is 1.33. The standard InChI is InChI=1S/C7H10N14/c8-3-12-6(17-16-3)13-7-18-14-2(15-19-7)1-21-5(10)11-4(9)20-21/h1H2,(H4,9,10,11,20)(H4,8,12,13,16,17,18,19). The summed E-state index contributed by atoms with van der Waals surface area (Å²) >= 11 is 0. The maximum absolute atomic E-state index is 5.59. The highest BCUT2D eigenvalue weighted by Crippen LogP contribution is 2.06. The van der Waals surface area contributed by atoms with Crippen LogP contribution in [0.3, 0.4) is 0 Å². The minimum Gasteiger partial charge on any atom is -0.368 e. The molecule has 0 radical (unpaired) electrons. The lowest BCUT2D eigenvalue weighted by Gasteiger charge is -2.01. The summed E-state index contributed by atoms with van der Waals surface area (Å²) in [5.74, 6) is 0.992. The topological polar surface area (TPSA) is 214 Å². The van der Waals surface area contributed by atoms with E-state index >= 15 is 0 Å². The molecule has 3 heterocycles. The molecule has 14 heteroatoms. The predicted molar refractivity (Wildman–Crippen MR) is 69.6 cm³/mol. The summed E-state index contributed by atoms with van der Waals surface area (Å²) in [7, 11) is 0. The van der Waals surface area contributed by atoms with E-state index < -0.39 is 0 Å². The lowest BCUT2D eigenvalue weighted by molar-refractivity contribution is 0.634. The molecule has 0 aromatic carbocycles. The number of rotatable bonds is 4. The first-order valence-corrected chi connectivity index (χ1v) is 5.57. The van der Waals surface area contributed by atoms with Gasteiger partial charge in [-0.05, 0) is 0 Å². The Balaban J connectivity index is 1.70. The molecule has 0 aliphatic carbocycles. The van der Waals surface area contributed by atoms with Crippen molar-refractivity contribution in [2.75, 3.05) is 22.5 Å². The number of nitrogens with one attached hydrogen (secondary N) is 2. The second-order valence-corrected chi connectivity index (χ2v) is 3.79. The van der Waals surface area contributed by atoms with Crippen molar-refractivity contribution in [2.24, 2.45) is 0 Å². The summed E-state index contributed by atoms with van der Waals surface area (Å²) in [6.45, 7) is 0.144. The lowest BCUT2D eigenvalue weighted by Crippen LogP contribution is -2.12. The van der Waals surface area contributed by atoms with Crippen molar-refractivity contribution in [3.05, 3.63) is 5.82 Å². The second-order valence-electron chi connectivity index (χ2n) is 3.79. The first-order valence-electron chi connectivity index (χ1n) is 5.57. The van der Waals surface area contributed by atoms with E-state index in [0.29, 0.717) is 0 Å². The van der Waals surface area contributed by atoms with Gasteiger partial charge in [-0.1, -0.05) is 0 Å². The third kappa shape index (κ3) is 2.72. The number of aromatic amines is 1. The van der Waals surface area contributed by atoms with Crippen molar-refractivity contribution >= 4 is 29.7 Å². The molecule has 0 fully saturated rings. The van der Waals surface area contributed by atoms with Gasteiger partial charge in [0.25, 0.3) is 5.95 Å². The third-order valence-electron chi connectivity index (χ3n) is 2.26. The minimum atomic E-state index is 0.0645. The molecular weight excluding hydrogens is 280 g/mol. The zero-order valence-electron chi connectivity index (χ0n) is 10.5. The van der Waals surface area contributed by atoms with E-state index in [-0.39, 0.29) is 42.1 Å². The van der Waals surface area contributed by atoms with Crippen molar-refractivity contribution in [2.45, 2.75) is 6.54 Å². The Hall–Kier alpha value is -3.58. The summed E-state index contributed by atoms with van der Waals surface area (Å²) in [5, 5.41) is 28.1. The molecule has 0 spiro atoms. The zero-order valence-corrected chi connectivity index (χ0v) is 10.5. The number of nitrogen functional groups attached to an aromatic ring is 3. The molecule has 3 rings (SSSR count). The predicted octanol–water partition coefficient (Wildman–Crippen LogP) is -2.49. The van der Waals surface area contributed by atoms with Gasteiger partial charge in [0.15, 0.2) is 5.82 Å². The van der Waals surface area contributed by atoms with E-state index in [1.807, 2.05) is 0 Å². The second kappa shape index (κ2) is 4.83. The fraction of sp³-hybridized carbons (Fsp3) is 0.143. The number of hydrogen-bond donors (Lipinski definition) is 5. The smallest absolute Gasteiger partial charge is 0.268 e. The molecule has 0 atom stereocenters. The van der Waals surface area contributed by atoms with Crippen LogP contribution in [0.15, 0.2) is 0 Å². The van der Waals surface area contributed by atoms with Crippen LogP contribution in [0, 0.1) is 0 Å². The van der Waals surface area contributed by atoms with E-state index in [2.05, 4.69) is 51.0 Å². The van der Waals surface area contributed by atoms with Crippen LogP contribution in [0.2, 0.25) is 0 Å². The molecule has 0 aliphatic rings. The number of hydrogen-bond acceptors (Lipinski definition) is 12. The lowest BCUT2D eigenvalue weighted by atomic mass is 10.6. The molecule has 21 heavy (non-hydrogen) atoms. The third-order valence-corrected chi connectivity index (χ3v) is 2.26. The molecule has 0 bridgehead atoms. The molecule has 0 unspecified atom stereocenters. The number of aromatic nitrogens is 10. The quantitative estimate of drug-likeness (QED) is 0.337. The summed E-state index contributed by atoms with van der Waals surface area (Å²) in [6.07, 6.45) is 0. The molecule has 3 aromatic rings. The van der Waals surface area contributed by atoms with Crippen molar-refractivity contribution < 1.29 is 0 Å². The maximum atomic E-state index is 5.59. The fourth-order valence-electron chi connectivity index (χ4n) is 1.42. The van der Waals surface area contributed by atoms with Crippen molar-refractivity contribution in [3.8, 4) is 0 Å². The van der Waals surface area contributed by atoms with Crippen LogP contribution >= 0.6 is 0 Å². The Bertz CT molecular complexity index is 739. The molecule has 3 aromatic heterocycles. The molecule has 0 amide bonds. The van der Waals surface area contributed by atoms with Gasteiger partial charge in [0.05, 0.1) is 0 Å². The first kappa shape index (κ1) is 12.5. The van der Waals surface area contributed by atoms with Gasteiger partial charge < -0.3 is 17.2 Å². The highest BCUT2D eigenvalue weighted by molar-refractivity contribution is 5.42. The van der Waals surface area contributed by atoms with Crippen LogP contribution in [0.1, 0.15) is 5.82 Å². The number of H-pyrrole nitrogens is 1. The highest BCUT2D eigenvalue weighted by atomic mass is 15.4. The molecule has 0 saturated heterocycles. The van der Waals surface area contributed by atoms with Gasteiger partial charge in [0, 0.05) is 0 Å². The van der Waals surface area contributed by atoms with Crippen LogP contribution < -0.4 is 22.5 Å². The van der Waals surface area contributed by atoms with Crippen molar-refractivity contribution in [1.29, 1.82) is 0 Å². The largest absolute Gasteiger partial charge is 0.368 e. The van der Waals surface area contributed by atoms with Gasteiger partial charge in [-0.3, -0.25) is 5.32 Å². The van der Waals surface area contributed by atoms with Gasteiger partial charge in [-0.15, -0.1) is 30.6 Å². The molecule has 0 saturated carbocycles. The monoisotopic (exact) mass is 290 g/mol. The minimum absolute atomic E-state index is 0.0645. The van der Waals surface area contributed by atoms with Gasteiger partial charge >= 0.3 is 0 Å². The van der Waals surface area contributed by atoms with Gasteiger partial charge in [0.2, 0.25) is 23.8 Å². The molecule has 0 aliphatic heterocycles. The van der Waals surface area contributed by atoms with Crippen molar-refractivity contribution in [1.82, 2.24) is 50.3 Å². The van der Waals surface area contributed by atoms with Crippen LogP contribution in [0.5, 0.6) is 0 Å². The van der Waals surface area contributed by atoms with Gasteiger partial charge in [-0.25, -0.2) is 9.78 Å². The Kier molecular flexibility index (Phi) is 2.87. The Morgan fingerprint density at radius 2 is 1.76 bits per heavy atom. The first-order chi connectivity index (χ1) is 10.1. The molecule has 108 valence electrons. The average Bonchev–Trinajstić information content (AvgIpc) is 2.98. The summed E-state index contributed by atoms with van der Waals surface area (Å²) in [5.41, 5.74) is 16.4. The SMILES string of the molecule is Nc1n[nH]c(Nc2nnc(Cn3nc(N)nc3N)nn2)n1. The Morgan fingerprint density at radius 3 is 2.33 bits per heavy atom. The highest BCUT2D eigenvalue weighted by Gasteiger charge is 2.09. The van der Waals surface area contributed by atoms with Crippen LogP contribution in [0.4, 0.5) is 29.7 Å². The van der Waals surface area contributed by atoms with Gasteiger partial charge in [-0.2, -0.15) is 9.97 Å².